The Morgan fingerprint density at radius 3 is 0.773 bits per heavy atom. The average Bonchev–Trinajstić information content (AvgIpc) is 3.56. The van der Waals surface area contributed by atoms with E-state index in [0.717, 1.165) is 120 Å². The minimum atomic E-state index is -4.95. The van der Waals surface area contributed by atoms with Crippen LogP contribution in [0, 0.1) is 17.8 Å². The van der Waals surface area contributed by atoms with E-state index in [4.69, 9.17) is 37.0 Å². The average molecular weight is 1300 g/mol. The van der Waals surface area contributed by atoms with Gasteiger partial charge in [-0.25, -0.2) is 9.13 Å². The van der Waals surface area contributed by atoms with Crippen molar-refractivity contribution in [3.8, 4) is 0 Å². The fourth-order valence-electron chi connectivity index (χ4n) is 10.4. The molecular formula is C69H134O17P2. The largest absolute Gasteiger partial charge is 0.472 e. The molecule has 0 aliphatic heterocycles. The first-order chi connectivity index (χ1) is 42.2. The van der Waals surface area contributed by atoms with Crippen LogP contribution >= 0.6 is 15.6 Å². The van der Waals surface area contributed by atoms with Gasteiger partial charge in [0.05, 0.1) is 26.4 Å². The predicted octanol–water partition coefficient (Wildman–Crippen LogP) is 19.5. The Hall–Kier alpha value is -1.94. The van der Waals surface area contributed by atoms with Gasteiger partial charge in [-0.15, -0.1) is 0 Å². The maximum atomic E-state index is 13.0. The van der Waals surface area contributed by atoms with Crippen LogP contribution in [-0.4, -0.2) is 96.7 Å². The van der Waals surface area contributed by atoms with E-state index >= 15 is 0 Å². The van der Waals surface area contributed by atoms with Crippen molar-refractivity contribution in [3.05, 3.63) is 0 Å². The minimum absolute atomic E-state index is 0.104. The van der Waals surface area contributed by atoms with Gasteiger partial charge in [0.2, 0.25) is 0 Å². The van der Waals surface area contributed by atoms with E-state index in [1.165, 1.54) is 141 Å². The molecule has 17 nitrogen and oxygen atoms in total. The second-order valence-corrected chi connectivity index (χ2v) is 29.3. The summed E-state index contributed by atoms with van der Waals surface area (Å²) in [6, 6.07) is 0. The summed E-state index contributed by atoms with van der Waals surface area (Å²) in [5, 5.41) is 10.6. The summed E-state index contributed by atoms with van der Waals surface area (Å²) in [6.07, 6.45) is 43.3. The third-order valence-corrected chi connectivity index (χ3v) is 17.8. The molecule has 0 heterocycles. The predicted molar refractivity (Wildman–Crippen MR) is 354 cm³/mol. The van der Waals surface area contributed by atoms with Crippen LogP contribution in [0.15, 0.2) is 0 Å². The number of hydrogen-bond donors (Lipinski definition) is 3. The summed E-state index contributed by atoms with van der Waals surface area (Å²) in [7, 11) is -9.89. The second-order valence-electron chi connectivity index (χ2n) is 26.3. The van der Waals surface area contributed by atoms with E-state index in [1.807, 2.05) is 0 Å². The van der Waals surface area contributed by atoms with Crippen LogP contribution in [0.5, 0.6) is 0 Å². The minimum Gasteiger partial charge on any atom is -0.462 e. The third-order valence-electron chi connectivity index (χ3n) is 15.9. The van der Waals surface area contributed by atoms with Gasteiger partial charge in [0.15, 0.2) is 12.2 Å². The molecule has 0 fully saturated rings. The molecule has 0 aromatic rings. The maximum absolute atomic E-state index is 13.0. The van der Waals surface area contributed by atoms with Gasteiger partial charge >= 0.3 is 39.5 Å². The fraction of sp³-hybridized carbons (Fsp3) is 0.942. The molecule has 0 bridgehead atoms. The molecule has 88 heavy (non-hydrogen) atoms. The number of aliphatic hydroxyl groups is 1. The van der Waals surface area contributed by atoms with Crippen molar-refractivity contribution in [2.75, 3.05) is 39.6 Å². The van der Waals surface area contributed by atoms with Crippen molar-refractivity contribution >= 4 is 39.5 Å². The second kappa shape index (κ2) is 60.0. The highest BCUT2D eigenvalue weighted by atomic mass is 31.2. The lowest BCUT2D eigenvalue weighted by molar-refractivity contribution is -0.161. The number of ether oxygens (including phenoxy) is 4. The topological polar surface area (TPSA) is 237 Å². The summed E-state index contributed by atoms with van der Waals surface area (Å²) >= 11 is 0. The van der Waals surface area contributed by atoms with Crippen LogP contribution in [0.1, 0.15) is 344 Å². The molecule has 0 saturated heterocycles. The van der Waals surface area contributed by atoms with Crippen molar-refractivity contribution in [2.24, 2.45) is 17.8 Å². The van der Waals surface area contributed by atoms with Crippen molar-refractivity contribution in [1.29, 1.82) is 0 Å². The van der Waals surface area contributed by atoms with Crippen molar-refractivity contribution in [1.82, 2.24) is 0 Å². The van der Waals surface area contributed by atoms with E-state index in [2.05, 4.69) is 48.5 Å². The lowest BCUT2D eigenvalue weighted by Gasteiger charge is -2.21. The molecule has 0 amide bonds. The lowest BCUT2D eigenvalue weighted by Crippen LogP contribution is -2.30. The normalized spacial score (nSPS) is 14.2. The van der Waals surface area contributed by atoms with Crippen LogP contribution in [0.3, 0.4) is 0 Å². The first kappa shape index (κ1) is 86.1. The van der Waals surface area contributed by atoms with Crippen LogP contribution in [0.25, 0.3) is 0 Å². The molecule has 0 aromatic heterocycles. The highest BCUT2D eigenvalue weighted by molar-refractivity contribution is 7.47. The number of carbonyl (C=O) groups excluding carboxylic acids is 4. The summed E-state index contributed by atoms with van der Waals surface area (Å²) < 4.78 is 68.1. The van der Waals surface area contributed by atoms with E-state index in [-0.39, 0.29) is 25.7 Å². The zero-order chi connectivity index (χ0) is 65.2. The number of phosphoric ester groups is 2. The Labute approximate surface area is 537 Å². The van der Waals surface area contributed by atoms with Gasteiger partial charge in [0.25, 0.3) is 0 Å². The number of rotatable bonds is 67. The molecule has 0 radical (unpaired) electrons. The van der Waals surface area contributed by atoms with Gasteiger partial charge in [-0.1, -0.05) is 292 Å². The van der Waals surface area contributed by atoms with Gasteiger partial charge in [0, 0.05) is 25.7 Å². The van der Waals surface area contributed by atoms with E-state index in [9.17, 15) is 43.2 Å². The van der Waals surface area contributed by atoms with Crippen LogP contribution < -0.4 is 0 Å². The standard InChI is InChI=1S/C69H134O17P2/c1-8-9-10-11-26-36-43-50-66(71)79-56-64(86-69(74)53-46-39-32-25-23-29-35-42-49-62(6)7)58-83-87(75,76)81-54-63(70)55-82-88(77,78)84-59-65(57-80-67(72)51-44-37-30-24-22-28-34-41-48-61(4)5)85-68(73)52-45-38-31-21-19-17-15-13-12-14-16-18-20-27-33-40-47-60(2)3/h60-65,70H,8-59H2,1-7H3,(H,75,76)(H,77,78)/t63-,64+,65+/m0/s1. The van der Waals surface area contributed by atoms with E-state index < -0.39 is 97.5 Å². The highest BCUT2D eigenvalue weighted by Gasteiger charge is 2.30. The molecule has 2 unspecified atom stereocenters. The van der Waals surface area contributed by atoms with Gasteiger partial charge < -0.3 is 33.8 Å². The van der Waals surface area contributed by atoms with Gasteiger partial charge in [-0.05, 0) is 43.4 Å². The van der Waals surface area contributed by atoms with E-state index in [0.29, 0.717) is 25.7 Å². The first-order valence-electron chi connectivity index (χ1n) is 35.8. The molecule has 522 valence electrons. The summed E-state index contributed by atoms with van der Waals surface area (Å²) in [5.41, 5.74) is 0. The van der Waals surface area contributed by atoms with Gasteiger partial charge in [-0.2, -0.15) is 0 Å². The van der Waals surface area contributed by atoms with Crippen molar-refractivity contribution in [3.63, 3.8) is 0 Å². The number of aliphatic hydroxyl groups excluding tert-OH is 1. The Bertz CT molecular complexity index is 1730. The van der Waals surface area contributed by atoms with Crippen LogP contribution in [-0.2, 0) is 65.4 Å². The SMILES string of the molecule is CCCCCCCCCC(=O)OC[C@H](COP(=O)(O)OC[C@H](O)COP(=O)(O)OC[C@@H](COC(=O)CCCCCCCCCCC(C)C)OC(=O)CCCCCCCCCCCCCCCCCCC(C)C)OC(=O)CCCCCCCCCCC(C)C. The quantitative estimate of drug-likeness (QED) is 0.0222. The Kier molecular flexibility index (Phi) is 58.7. The molecule has 0 spiro atoms. The zero-order valence-electron chi connectivity index (χ0n) is 57.2. The first-order valence-corrected chi connectivity index (χ1v) is 38.8. The van der Waals surface area contributed by atoms with Gasteiger partial charge in [0.1, 0.15) is 19.3 Å². The summed E-state index contributed by atoms with van der Waals surface area (Å²) in [5.74, 6) is 0.119. The number of unbranched alkanes of at least 4 members (excludes halogenated alkanes) is 35. The maximum Gasteiger partial charge on any atom is 0.472 e. The third kappa shape index (κ3) is 62.8. The molecule has 0 rings (SSSR count). The Balaban J connectivity index is 5.17. The molecule has 19 heteroatoms. The molecule has 0 aliphatic rings. The molecule has 0 aliphatic carbocycles. The van der Waals surface area contributed by atoms with Crippen molar-refractivity contribution < 1.29 is 80.2 Å². The number of esters is 4. The van der Waals surface area contributed by atoms with Crippen molar-refractivity contribution in [2.45, 2.75) is 362 Å². The number of phosphoric acid groups is 2. The zero-order valence-corrected chi connectivity index (χ0v) is 59.0. The molecule has 0 saturated carbocycles. The molecule has 0 aromatic carbocycles. The fourth-order valence-corrected chi connectivity index (χ4v) is 11.9. The number of carbonyl (C=O) groups is 4. The Morgan fingerprint density at radius 1 is 0.307 bits per heavy atom. The highest BCUT2D eigenvalue weighted by Crippen LogP contribution is 2.45. The Morgan fingerprint density at radius 2 is 0.523 bits per heavy atom. The van der Waals surface area contributed by atoms with Gasteiger partial charge in [-0.3, -0.25) is 37.3 Å². The van der Waals surface area contributed by atoms with Crippen LogP contribution in [0.2, 0.25) is 0 Å². The summed E-state index contributed by atoms with van der Waals surface area (Å²) in [4.78, 5) is 72.3. The monoisotopic (exact) mass is 1300 g/mol. The molecular weight excluding hydrogens is 1160 g/mol. The smallest absolute Gasteiger partial charge is 0.462 e. The molecule has 3 N–H and O–H groups in total. The van der Waals surface area contributed by atoms with E-state index in [1.54, 1.807) is 0 Å². The number of hydrogen-bond acceptors (Lipinski definition) is 15. The molecule has 5 atom stereocenters. The lowest BCUT2D eigenvalue weighted by atomic mass is 10.0. The van der Waals surface area contributed by atoms with Crippen LogP contribution in [0.4, 0.5) is 0 Å². The summed E-state index contributed by atoms with van der Waals surface area (Å²) in [6.45, 7) is 11.8.